The molecule has 25 heavy (non-hydrogen) atoms. The lowest BCUT2D eigenvalue weighted by Gasteiger charge is -2.41. The van der Waals surface area contributed by atoms with Crippen LogP contribution in [0.2, 0.25) is 0 Å². The predicted molar refractivity (Wildman–Crippen MR) is 89.0 cm³/mol. The Bertz CT molecular complexity index is 731. The van der Waals surface area contributed by atoms with E-state index in [-0.39, 0.29) is 24.5 Å². The normalized spacial score (nSPS) is 17.4. The quantitative estimate of drug-likeness (QED) is 0.731. The third-order valence-corrected chi connectivity index (χ3v) is 4.29. The van der Waals surface area contributed by atoms with Gasteiger partial charge in [0.1, 0.15) is 12.9 Å². The lowest BCUT2D eigenvalue weighted by atomic mass is 10.1. The van der Waals surface area contributed by atoms with Crippen LogP contribution < -0.4 is 4.90 Å². The Morgan fingerprint density at radius 2 is 2.00 bits per heavy atom. The maximum atomic E-state index is 12.4. The van der Waals surface area contributed by atoms with Crippen molar-refractivity contribution in [3.05, 3.63) is 36.2 Å². The van der Waals surface area contributed by atoms with Crippen molar-refractivity contribution in [2.45, 2.75) is 19.5 Å². The second-order valence-electron chi connectivity index (χ2n) is 5.93. The Morgan fingerprint density at radius 3 is 2.60 bits per heavy atom. The van der Waals surface area contributed by atoms with Crippen molar-refractivity contribution in [1.29, 1.82) is 0 Å². The molecule has 1 aliphatic heterocycles. The summed E-state index contributed by atoms with van der Waals surface area (Å²) in [5.41, 5.74) is 1.54. The summed E-state index contributed by atoms with van der Waals surface area (Å²) in [7, 11) is 1.36. The van der Waals surface area contributed by atoms with E-state index in [0.29, 0.717) is 12.1 Å². The van der Waals surface area contributed by atoms with Gasteiger partial charge in [-0.05, 0) is 41.6 Å². The van der Waals surface area contributed by atoms with Crippen molar-refractivity contribution in [2.75, 3.05) is 31.6 Å². The molecule has 0 radical (unpaired) electrons. The highest BCUT2D eigenvalue weighted by Gasteiger charge is 2.27. The second-order valence-corrected chi connectivity index (χ2v) is 5.93. The minimum Gasteiger partial charge on any atom is -0.465 e. The fourth-order valence-corrected chi connectivity index (χ4v) is 2.97. The number of carbonyl (C=O) groups excluding carboxylic acids is 2. The summed E-state index contributed by atoms with van der Waals surface area (Å²) in [6, 6.07) is 7.37. The summed E-state index contributed by atoms with van der Waals surface area (Å²) in [5, 5.41) is 10.8. The number of hydrogen-bond donors (Lipinski definition) is 0. The molecule has 1 aromatic carbocycles. The number of aromatic nitrogens is 4. The summed E-state index contributed by atoms with van der Waals surface area (Å²) < 4.78 is 6.13. The highest BCUT2D eigenvalue weighted by molar-refractivity contribution is 5.89. The van der Waals surface area contributed by atoms with Crippen LogP contribution in [0.15, 0.2) is 30.6 Å². The number of amides is 1. The first-order chi connectivity index (χ1) is 12.1. The molecule has 9 nitrogen and oxygen atoms in total. The fraction of sp³-hybridized carbons (Fsp3) is 0.438. The number of nitrogens with zero attached hydrogens (tertiary/aromatic N) is 6. The number of tetrazole rings is 1. The smallest absolute Gasteiger partial charge is 0.337 e. The molecule has 1 atom stereocenters. The maximum Gasteiger partial charge on any atom is 0.337 e. The molecule has 2 heterocycles. The first kappa shape index (κ1) is 16.9. The zero-order chi connectivity index (χ0) is 17.8. The van der Waals surface area contributed by atoms with Crippen LogP contribution in [0.1, 0.15) is 17.3 Å². The third-order valence-electron chi connectivity index (χ3n) is 4.29. The second kappa shape index (κ2) is 7.29. The molecule has 132 valence electrons. The van der Waals surface area contributed by atoms with Crippen molar-refractivity contribution in [2.24, 2.45) is 0 Å². The molecule has 2 aromatic rings. The highest BCUT2D eigenvalue weighted by Crippen LogP contribution is 2.20. The first-order valence-electron chi connectivity index (χ1n) is 8.02. The van der Waals surface area contributed by atoms with Crippen LogP contribution in [0.5, 0.6) is 0 Å². The Kier molecular flexibility index (Phi) is 4.92. The van der Waals surface area contributed by atoms with Gasteiger partial charge in [0.2, 0.25) is 5.91 Å². The molecule has 0 spiro atoms. The van der Waals surface area contributed by atoms with E-state index in [1.807, 2.05) is 24.0 Å². The molecular formula is C16H20N6O3. The number of esters is 1. The van der Waals surface area contributed by atoms with Crippen molar-refractivity contribution >= 4 is 17.6 Å². The van der Waals surface area contributed by atoms with Gasteiger partial charge in [-0.15, -0.1) is 5.10 Å². The van der Waals surface area contributed by atoms with Crippen LogP contribution in [0.3, 0.4) is 0 Å². The molecule has 1 fully saturated rings. The van der Waals surface area contributed by atoms with Gasteiger partial charge in [0.25, 0.3) is 0 Å². The molecule has 1 aliphatic rings. The van der Waals surface area contributed by atoms with E-state index < -0.39 is 0 Å². The zero-order valence-corrected chi connectivity index (χ0v) is 14.2. The zero-order valence-electron chi connectivity index (χ0n) is 14.2. The molecule has 1 aromatic heterocycles. The van der Waals surface area contributed by atoms with E-state index in [0.717, 1.165) is 18.8 Å². The van der Waals surface area contributed by atoms with E-state index in [1.165, 1.54) is 18.1 Å². The van der Waals surface area contributed by atoms with Crippen molar-refractivity contribution in [1.82, 2.24) is 25.1 Å². The van der Waals surface area contributed by atoms with E-state index in [4.69, 9.17) is 4.74 Å². The Balaban J connectivity index is 1.61. The van der Waals surface area contributed by atoms with Gasteiger partial charge < -0.3 is 14.5 Å². The lowest BCUT2D eigenvalue weighted by Crippen LogP contribution is -2.54. The van der Waals surface area contributed by atoms with Crippen LogP contribution in [-0.4, -0.2) is 69.8 Å². The number of hydrogen-bond acceptors (Lipinski definition) is 7. The molecule has 0 N–H and O–H groups in total. The first-order valence-corrected chi connectivity index (χ1v) is 8.02. The van der Waals surface area contributed by atoms with Crippen LogP contribution in [0.4, 0.5) is 5.69 Å². The highest BCUT2D eigenvalue weighted by atomic mass is 16.5. The Hall–Kier alpha value is -2.97. The van der Waals surface area contributed by atoms with Gasteiger partial charge in [0, 0.05) is 31.4 Å². The summed E-state index contributed by atoms with van der Waals surface area (Å²) in [6.07, 6.45) is 1.43. The van der Waals surface area contributed by atoms with Crippen molar-refractivity contribution in [3.8, 4) is 0 Å². The summed E-state index contributed by atoms with van der Waals surface area (Å²) in [6.45, 7) is 4.24. The molecular weight excluding hydrogens is 324 g/mol. The van der Waals surface area contributed by atoms with Crippen LogP contribution in [0.25, 0.3) is 0 Å². The monoisotopic (exact) mass is 344 g/mol. The van der Waals surface area contributed by atoms with Crippen LogP contribution in [-0.2, 0) is 16.1 Å². The number of ether oxygens (including phenoxy) is 1. The van der Waals surface area contributed by atoms with Gasteiger partial charge in [-0.25, -0.2) is 9.48 Å². The third kappa shape index (κ3) is 3.76. The fourth-order valence-electron chi connectivity index (χ4n) is 2.97. The van der Waals surface area contributed by atoms with Crippen molar-refractivity contribution in [3.63, 3.8) is 0 Å². The molecule has 0 saturated carbocycles. The molecule has 1 saturated heterocycles. The van der Waals surface area contributed by atoms with E-state index >= 15 is 0 Å². The average molecular weight is 344 g/mol. The van der Waals surface area contributed by atoms with Crippen molar-refractivity contribution < 1.29 is 14.3 Å². The molecule has 0 aliphatic carbocycles. The molecule has 1 amide bonds. The largest absolute Gasteiger partial charge is 0.465 e. The minimum atomic E-state index is -0.349. The summed E-state index contributed by atoms with van der Waals surface area (Å²) in [4.78, 5) is 28.0. The summed E-state index contributed by atoms with van der Waals surface area (Å²) >= 11 is 0. The van der Waals surface area contributed by atoms with E-state index in [9.17, 15) is 9.59 Å². The van der Waals surface area contributed by atoms with Crippen LogP contribution >= 0.6 is 0 Å². The number of carbonyl (C=O) groups is 2. The van der Waals surface area contributed by atoms with Gasteiger partial charge in [-0.1, -0.05) is 0 Å². The Morgan fingerprint density at radius 1 is 1.24 bits per heavy atom. The molecule has 1 unspecified atom stereocenters. The average Bonchev–Trinajstić information content (AvgIpc) is 3.14. The van der Waals surface area contributed by atoms with Gasteiger partial charge in [-0.3, -0.25) is 4.79 Å². The topological polar surface area (TPSA) is 93.5 Å². The number of benzene rings is 1. The van der Waals surface area contributed by atoms with Gasteiger partial charge in [0.15, 0.2) is 0 Å². The van der Waals surface area contributed by atoms with Gasteiger partial charge in [0.05, 0.1) is 12.7 Å². The number of anilines is 1. The SMILES string of the molecule is COC(=O)c1ccc(N2CCN(C(=O)Cn3cnnn3)C(C)C2)cc1. The summed E-state index contributed by atoms with van der Waals surface area (Å²) in [5.74, 6) is -0.349. The van der Waals surface area contributed by atoms with Crippen LogP contribution in [0, 0.1) is 0 Å². The Labute approximate surface area is 145 Å². The standard InChI is InChI=1S/C16H20N6O3/c1-12-9-20(14-5-3-13(4-6-14)16(24)25-2)7-8-22(12)15(23)10-21-11-17-18-19-21/h3-6,11-12H,7-10H2,1-2H3. The maximum absolute atomic E-state index is 12.4. The molecule has 9 heteroatoms. The number of rotatable bonds is 4. The lowest BCUT2D eigenvalue weighted by molar-refractivity contribution is -0.134. The van der Waals surface area contributed by atoms with Gasteiger partial charge in [-0.2, -0.15) is 0 Å². The number of piperazine rings is 1. The van der Waals surface area contributed by atoms with Gasteiger partial charge >= 0.3 is 5.97 Å². The number of methoxy groups -OCH3 is 1. The predicted octanol–water partition coefficient (Wildman–Crippen LogP) is 0.197. The van der Waals surface area contributed by atoms with E-state index in [2.05, 4.69) is 20.4 Å². The molecule has 3 rings (SSSR count). The molecule has 0 bridgehead atoms. The minimum absolute atomic E-state index is 0.000453. The van der Waals surface area contributed by atoms with E-state index in [1.54, 1.807) is 12.1 Å².